The number of aromatic nitrogens is 1. The summed E-state index contributed by atoms with van der Waals surface area (Å²) in [7, 11) is 1.69. The highest BCUT2D eigenvalue weighted by atomic mass is 35.5. The number of ketones is 1. The average Bonchev–Trinajstić information content (AvgIpc) is 3.36. The quantitative estimate of drug-likeness (QED) is 0.564. The van der Waals surface area contributed by atoms with Crippen LogP contribution in [0.1, 0.15) is 50.4 Å². The number of pyridine rings is 1. The first kappa shape index (κ1) is 28.0. The Bertz CT molecular complexity index is 1160. The Balaban J connectivity index is 1.62. The lowest BCUT2D eigenvalue weighted by Crippen LogP contribution is -2.54. The standard InChI is InChI=1S/C29H36ClN5O3/c1-29(2,3)17-38-28(37)35(4)26-22(18-8-10-20(30)11-9-18)16-34-25(26)27(36)21-13-24(33-15-19(21)14-31)23-7-5-6-12-32-23/h5-12,19,21-22,24-26,33-34H,13,15-17H2,1-4H3/t19?,21?,22-,24?,25?,26-/m0/s1. The highest BCUT2D eigenvalue weighted by molar-refractivity contribution is 6.30. The van der Waals surface area contributed by atoms with Crippen LogP contribution >= 0.6 is 11.6 Å². The number of ether oxygens (including phenoxy) is 1. The third-order valence-electron chi connectivity index (χ3n) is 7.42. The minimum atomic E-state index is -0.647. The summed E-state index contributed by atoms with van der Waals surface area (Å²) < 4.78 is 5.63. The second-order valence-electron chi connectivity index (χ2n) is 11.5. The molecule has 0 saturated carbocycles. The fourth-order valence-electron chi connectivity index (χ4n) is 5.42. The molecule has 9 heteroatoms. The summed E-state index contributed by atoms with van der Waals surface area (Å²) in [5, 5.41) is 17.3. The first-order valence-corrected chi connectivity index (χ1v) is 13.4. The molecule has 2 aliphatic heterocycles. The van der Waals surface area contributed by atoms with E-state index in [1.807, 2.05) is 63.2 Å². The van der Waals surface area contributed by atoms with Crippen LogP contribution in [-0.4, -0.2) is 60.6 Å². The SMILES string of the molecule is CN(C(=O)OCC(C)(C)C)[C@@H]1C(C(=O)C2CC(c3ccccn3)NCC2C#N)NC[C@H]1c1ccc(Cl)cc1. The summed E-state index contributed by atoms with van der Waals surface area (Å²) in [5.41, 5.74) is 1.64. The lowest BCUT2D eigenvalue weighted by atomic mass is 9.76. The molecule has 1 aromatic heterocycles. The van der Waals surface area contributed by atoms with Crippen molar-refractivity contribution in [3.05, 3.63) is 64.9 Å². The molecule has 1 aromatic carbocycles. The van der Waals surface area contributed by atoms with E-state index in [9.17, 15) is 14.9 Å². The van der Waals surface area contributed by atoms with E-state index in [4.69, 9.17) is 16.3 Å². The monoisotopic (exact) mass is 537 g/mol. The van der Waals surface area contributed by atoms with Crippen molar-refractivity contribution in [3.8, 4) is 6.07 Å². The van der Waals surface area contributed by atoms with E-state index in [2.05, 4.69) is 21.7 Å². The van der Waals surface area contributed by atoms with Crippen molar-refractivity contribution < 1.29 is 14.3 Å². The number of nitriles is 1. The van der Waals surface area contributed by atoms with Gasteiger partial charge in [0.25, 0.3) is 0 Å². The van der Waals surface area contributed by atoms with E-state index in [0.29, 0.717) is 24.5 Å². The van der Waals surface area contributed by atoms with Gasteiger partial charge in [0.05, 0.1) is 42.4 Å². The number of hydrogen-bond donors (Lipinski definition) is 2. The highest BCUT2D eigenvalue weighted by Gasteiger charge is 2.49. The molecule has 1 amide bonds. The van der Waals surface area contributed by atoms with Gasteiger partial charge in [0.1, 0.15) is 0 Å². The predicted molar refractivity (Wildman–Crippen MR) is 146 cm³/mol. The first-order chi connectivity index (χ1) is 18.1. The van der Waals surface area contributed by atoms with Crippen LogP contribution in [0.5, 0.6) is 0 Å². The second kappa shape index (κ2) is 11.8. The van der Waals surface area contributed by atoms with E-state index in [1.165, 1.54) is 0 Å². The van der Waals surface area contributed by atoms with Crippen LogP contribution in [0.25, 0.3) is 0 Å². The minimum absolute atomic E-state index is 0.0593. The van der Waals surface area contributed by atoms with E-state index < -0.39 is 30.0 Å². The lowest BCUT2D eigenvalue weighted by Gasteiger charge is -2.37. The smallest absolute Gasteiger partial charge is 0.409 e. The van der Waals surface area contributed by atoms with Gasteiger partial charge in [0.15, 0.2) is 5.78 Å². The van der Waals surface area contributed by atoms with E-state index in [0.717, 1.165) is 11.3 Å². The molecule has 6 atom stereocenters. The van der Waals surface area contributed by atoms with Gasteiger partial charge >= 0.3 is 6.09 Å². The molecule has 4 rings (SSSR count). The molecular weight excluding hydrogens is 502 g/mol. The number of piperidine rings is 1. The Labute approximate surface area is 229 Å². The number of benzene rings is 1. The van der Waals surface area contributed by atoms with Crippen LogP contribution in [0, 0.1) is 28.6 Å². The van der Waals surface area contributed by atoms with Gasteiger partial charge in [0.2, 0.25) is 0 Å². The van der Waals surface area contributed by atoms with E-state index in [-0.39, 0.29) is 29.8 Å². The summed E-state index contributed by atoms with van der Waals surface area (Å²) >= 11 is 6.13. The third-order valence-corrected chi connectivity index (χ3v) is 7.67. The van der Waals surface area contributed by atoms with Crippen LogP contribution in [0.4, 0.5) is 4.79 Å². The van der Waals surface area contributed by atoms with Crippen LogP contribution in [0.15, 0.2) is 48.7 Å². The summed E-state index contributed by atoms with van der Waals surface area (Å²) in [4.78, 5) is 33.4. The van der Waals surface area contributed by atoms with Gasteiger partial charge in [-0.05, 0) is 41.7 Å². The summed E-state index contributed by atoms with van der Waals surface area (Å²) in [6.07, 6.45) is 1.72. The highest BCUT2D eigenvalue weighted by Crippen LogP contribution is 2.37. The number of likely N-dealkylation sites (N-methyl/N-ethyl adjacent to an activating group) is 1. The molecule has 8 nitrogen and oxygen atoms in total. The van der Waals surface area contributed by atoms with Crippen molar-refractivity contribution >= 4 is 23.5 Å². The molecular formula is C29H36ClN5O3. The number of nitrogens with zero attached hydrogens (tertiary/aromatic N) is 3. The number of carbonyl (C=O) groups excluding carboxylic acids is 2. The molecule has 0 aliphatic carbocycles. The van der Waals surface area contributed by atoms with Gasteiger partial charge in [-0.1, -0.05) is 50.6 Å². The number of carbonyl (C=O) groups is 2. The Hall–Kier alpha value is -2.99. The average molecular weight is 538 g/mol. The van der Waals surface area contributed by atoms with Crippen molar-refractivity contribution in [2.24, 2.45) is 17.3 Å². The summed E-state index contributed by atoms with van der Waals surface area (Å²) in [6.45, 7) is 7.16. The zero-order chi connectivity index (χ0) is 27.4. The van der Waals surface area contributed by atoms with Crippen molar-refractivity contribution in [1.29, 1.82) is 5.26 Å². The number of halogens is 1. The van der Waals surface area contributed by atoms with Crippen LogP contribution in [0.2, 0.25) is 5.02 Å². The zero-order valence-corrected chi connectivity index (χ0v) is 23.1. The normalized spacial score (nSPS) is 27.4. The fraction of sp³-hybridized carbons (Fsp3) is 0.517. The van der Waals surface area contributed by atoms with Gasteiger partial charge in [-0.3, -0.25) is 9.78 Å². The molecule has 0 radical (unpaired) electrons. The van der Waals surface area contributed by atoms with Crippen LogP contribution < -0.4 is 10.6 Å². The fourth-order valence-corrected chi connectivity index (χ4v) is 5.54. The summed E-state index contributed by atoms with van der Waals surface area (Å²) in [6, 6.07) is 14.3. The van der Waals surface area contributed by atoms with Crippen LogP contribution in [0.3, 0.4) is 0 Å². The van der Waals surface area contributed by atoms with Crippen molar-refractivity contribution in [2.45, 2.75) is 51.2 Å². The Morgan fingerprint density at radius 2 is 1.89 bits per heavy atom. The Kier molecular flexibility index (Phi) is 8.71. The van der Waals surface area contributed by atoms with Gasteiger partial charge < -0.3 is 20.3 Å². The van der Waals surface area contributed by atoms with Crippen molar-refractivity contribution in [1.82, 2.24) is 20.5 Å². The molecule has 3 heterocycles. The number of Topliss-reactive ketones (excluding diaryl/α,β-unsaturated/α-hetero) is 1. The number of nitrogens with one attached hydrogen (secondary N) is 2. The molecule has 0 spiro atoms. The molecule has 2 aliphatic rings. The Morgan fingerprint density at radius 3 is 2.53 bits per heavy atom. The number of hydrogen-bond acceptors (Lipinski definition) is 7. The summed E-state index contributed by atoms with van der Waals surface area (Å²) in [5.74, 6) is -1.19. The maximum Gasteiger partial charge on any atom is 0.409 e. The third kappa shape index (κ3) is 6.35. The zero-order valence-electron chi connectivity index (χ0n) is 22.4. The second-order valence-corrected chi connectivity index (χ2v) is 11.9. The largest absolute Gasteiger partial charge is 0.449 e. The van der Waals surface area contributed by atoms with Crippen molar-refractivity contribution in [3.63, 3.8) is 0 Å². The van der Waals surface area contributed by atoms with Crippen molar-refractivity contribution in [2.75, 3.05) is 26.7 Å². The van der Waals surface area contributed by atoms with Gasteiger partial charge in [0, 0.05) is 43.2 Å². The lowest BCUT2D eigenvalue weighted by molar-refractivity contribution is -0.128. The first-order valence-electron chi connectivity index (χ1n) is 13.0. The van der Waals surface area contributed by atoms with E-state index >= 15 is 0 Å². The van der Waals surface area contributed by atoms with Gasteiger partial charge in [-0.2, -0.15) is 5.26 Å². The van der Waals surface area contributed by atoms with Gasteiger partial charge in [-0.15, -0.1) is 0 Å². The predicted octanol–water partition coefficient (Wildman–Crippen LogP) is 4.33. The molecule has 202 valence electrons. The molecule has 2 saturated heterocycles. The molecule has 2 N–H and O–H groups in total. The molecule has 2 fully saturated rings. The molecule has 38 heavy (non-hydrogen) atoms. The van der Waals surface area contributed by atoms with Gasteiger partial charge in [-0.25, -0.2) is 4.79 Å². The maximum atomic E-state index is 14.2. The topological polar surface area (TPSA) is 107 Å². The Morgan fingerprint density at radius 1 is 1.16 bits per heavy atom. The molecule has 4 unspecified atom stereocenters. The number of rotatable bonds is 6. The van der Waals surface area contributed by atoms with E-state index in [1.54, 1.807) is 18.1 Å². The maximum absolute atomic E-state index is 14.2. The molecule has 2 aromatic rings. The molecule has 0 bridgehead atoms. The number of amides is 1. The minimum Gasteiger partial charge on any atom is -0.449 e. The van der Waals surface area contributed by atoms with Crippen LogP contribution in [-0.2, 0) is 9.53 Å².